The fourth-order valence-electron chi connectivity index (χ4n) is 1.73. The second kappa shape index (κ2) is 5.38. The SMILES string of the molecule is COCc1ccc(C(=O)c2cc(C)cc(Cl)c2)o1. The van der Waals surface area contributed by atoms with Crippen molar-refractivity contribution in [3.05, 3.63) is 58.0 Å². The number of carbonyl (C=O) groups is 1. The maximum atomic E-state index is 12.2. The van der Waals surface area contributed by atoms with E-state index in [0.717, 1.165) is 5.56 Å². The second-order valence-corrected chi connectivity index (χ2v) is 4.48. The topological polar surface area (TPSA) is 39.4 Å². The molecule has 2 aromatic rings. The molecule has 0 fully saturated rings. The van der Waals surface area contributed by atoms with Gasteiger partial charge in [-0.15, -0.1) is 0 Å². The molecule has 4 heteroatoms. The second-order valence-electron chi connectivity index (χ2n) is 4.05. The molecule has 0 atom stereocenters. The molecule has 0 aliphatic heterocycles. The Labute approximate surface area is 110 Å². The molecule has 0 aliphatic rings. The summed E-state index contributed by atoms with van der Waals surface area (Å²) in [5, 5.41) is 0.544. The number of halogens is 1. The third-order valence-corrected chi connectivity index (χ3v) is 2.69. The standard InChI is InChI=1S/C14H13ClO3/c1-9-5-10(7-11(15)6-9)14(16)13-4-3-12(18-13)8-17-2/h3-7H,8H2,1-2H3. The molecule has 1 heterocycles. The van der Waals surface area contributed by atoms with Crippen molar-refractivity contribution in [3.8, 4) is 0 Å². The van der Waals surface area contributed by atoms with Crippen LogP contribution in [0, 0.1) is 6.92 Å². The van der Waals surface area contributed by atoms with E-state index in [1.807, 2.05) is 6.92 Å². The van der Waals surface area contributed by atoms with Crippen molar-refractivity contribution >= 4 is 17.4 Å². The highest BCUT2D eigenvalue weighted by Gasteiger charge is 2.14. The highest BCUT2D eigenvalue weighted by molar-refractivity contribution is 6.31. The van der Waals surface area contributed by atoms with Crippen molar-refractivity contribution in [1.82, 2.24) is 0 Å². The van der Waals surface area contributed by atoms with Crippen molar-refractivity contribution in [2.75, 3.05) is 7.11 Å². The van der Waals surface area contributed by atoms with Crippen molar-refractivity contribution in [2.45, 2.75) is 13.5 Å². The van der Waals surface area contributed by atoms with E-state index in [-0.39, 0.29) is 5.78 Å². The zero-order valence-corrected chi connectivity index (χ0v) is 11.0. The average molecular weight is 265 g/mol. The molecular weight excluding hydrogens is 252 g/mol. The Bertz CT molecular complexity index is 552. The van der Waals surface area contributed by atoms with Crippen LogP contribution in [0.2, 0.25) is 5.02 Å². The minimum absolute atomic E-state index is 0.178. The summed E-state index contributed by atoms with van der Waals surface area (Å²) in [5.74, 6) is 0.742. The van der Waals surface area contributed by atoms with Crippen LogP contribution >= 0.6 is 11.6 Å². The summed E-state index contributed by atoms with van der Waals surface area (Å²) in [7, 11) is 1.57. The first-order valence-corrected chi connectivity index (χ1v) is 5.87. The fraction of sp³-hybridized carbons (Fsp3) is 0.214. The van der Waals surface area contributed by atoms with Crippen LogP contribution < -0.4 is 0 Å². The number of rotatable bonds is 4. The van der Waals surface area contributed by atoms with Gasteiger partial charge in [-0.2, -0.15) is 0 Å². The fourth-order valence-corrected chi connectivity index (χ4v) is 2.02. The molecule has 0 aliphatic carbocycles. The number of hydrogen-bond acceptors (Lipinski definition) is 3. The lowest BCUT2D eigenvalue weighted by Gasteiger charge is -2.01. The highest BCUT2D eigenvalue weighted by Crippen LogP contribution is 2.19. The first-order valence-electron chi connectivity index (χ1n) is 5.49. The zero-order chi connectivity index (χ0) is 13.1. The van der Waals surface area contributed by atoms with Crippen LogP contribution in [0.25, 0.3) is 0 Å². The summed E-state index contributed by atoms with van der Waals surface area (Å²) >= 11 is 5.93. The molecular formula is C14H13ClO3. The van der Waals surface area contributed by atoms with E-state index in [1.165, 1.54) is 0 Å². The van der Waals surface area contributed by atoms with Gasteiger partial charge < -0.3 is 9.15 Å². The van der Waals surface area contributed by atoms with Crippen molar-refractivity contribution in [1.29, 1.82) is 0 Å². The van der Waals surface area contributed by atoms with Gasteiger partial charge in [-0.25, -0.2) is 0 Å². The largest absolute Gasteiger partial charge is 0.455 e. The summed E-state index contributed by atoms with van der Waals surface area (Å²) in [4.78, 5) is 12.2. The molecule has 0 saturated heterocycles. The molecule has 0 unspecified atom stereocenters. The third-order valence-electron chi connectivity index (χ3n) is 2.48. The summed E-state index contributed by atoms with van der Waals surface area (Å²) in [6, 6.07) is 8.60. The number of carbonyl (C=O) groups excluding carboxylic acids is 1. The van der Waals surface area contributed by atoms with Gasteiger partial charge in [-0.05, 0) is 42.8 Å². The van der Waals surface area contributed by atoms with Gasteiger partial charge in [0.15, 0.2) is 5.76 Å². The quantitative estimate of drug-likeness (QED) is 0.792. The van der Waals surface area contributed by atoms with Gasteiger partial charge in [-0.1, -0.05) is 11.6 Å². The Morgan fingerprint density at radius 3 is 2.78 bits per heavy atom. The van der Waals surface area contributed by atoms with E-state index in [2.05, 4.69) is 0 Å². The molecule has 0 N–H and O–H groups in total. The number of benzene rings is 1. The van der Waals surface area contributed by atoms with Gasteiger partial charge in [0.25, 0.3) is 0 Å². The maximum absolute atomic E-state index is 12.2. The van der Waals surface area contributed by atoms with Gasteiger partial charge in [0.2, 0.25) is 5.78 Å². The molecule has 18 heavy (non-hydrogen) atoms. The summed E-state index contributed by atoms with van der Waals surface area (Å²) in [6.07, 6.45) is 0. The Kier molecular flexibility index (Phi) is 3.84. The maximum Gasteiger partial charge on any atom is 0.228 e. The lowest BCUT2D eigenvalue weighted by Crippen LogP contribution is -2.00. The van der Waals surface area contributed by atoms with Crippen LogP contribution in [-0.2, 0) is 11.3 Å². The lowest BCUT2D eigenvalue weighted by atomic mass is 10.1. The Hall–Kier alpha value is -1.58. The predicted octanol–water partition coefficient (Wildman–Crippen LogP) is 3.62. The van der Waals surface area contributed by atoms with Gasteiger partial charge in [0.1, 0.15) is 12.4 Å². The number of furan rings is 1. The number of ether oxygens (including phenoxy) is 1. The van der Waals surface area contributed by atoms with Crippen molar-refractivity contribution in [2.24, 2.45) is 0 Å². The van der Waals surface area contributed by atoms with Gasteiger partial charge in [0.05, 0.1) is 0 Å². The van der Waals surface area contributed by atoms with Crippen LogP contribution in [0.4, 0.5) is 0 Å². The van der Waals surface area contributed by atoms with Gasteiger partial charge in [0, 0.05) is 17.7 Å². The molecule has 1 aromatic carbocycles. The summed E-state index contributed by atoms with van der Waals surface area (Å²) < 4.78 is 10.3. The Morgan fingerprint density at radius 1 is 1.33 bits per heavy atom. The van der Waals surface area contributed by atoms with Crippen molar-refractivity contribution < 1.29 is 13.9 Å². The van der Waals surface area contributed by atoms with Gasteiger partial charge >= 0.3 is 0 Å². The summed E-state index contributed by atoms with van der Waals surface area (Å²) in [5.41, 5.74) is 1.47. The van der Waals surface area contributed by atoms with E-state index in [1.54, 1.807) is 37.4 Å². The molecule has 0 bridgehead atoms. The van der Waals surface area contributed by atoms with Crippen molar-refractivity contribution in [3.63, 3.8) is 0 Å². The highest BCUT2D eigenvalue weighted by atomic mass is 35.5. The molecule has 1 aromatic heterocycles. The van der Waals surface area contributed by atoms with E-state index in [4.69, 9.17) is 20.8 Å². The third kappa shape index (κ3) is 2.81. The molecule has 0 saturated carbocycles. The van der Waals surface area contributed by atoms with Crippen LogP contribution in [-0.4, -0.2) is 12.9 Å². The minimum atomic E-state index is -0.178. The lowest BCUT2D eigenvalue weighted by molar-refractivity contribution is 0.1000. The zero-order valence-electron chi connectivity index (χ0n) is 10.2. The minimum Gasteiger partial charge on any atom is -0.455 e. The first kappa shape index (κ1) is 12.9. The Balaban J connectivity index is 2.29. The number of methoxy groups -OCH3 is 1. The van der Waals surface area contributed by atoms with Crippen LogP contribution in [0.3, 0.4) is 0 Å². The van der Waals surface area contributed by atoms with Crippen LogP contribution in [0.5, 0.6) is 0 Å². The number of aryl methyl sites for hydroxylation is 1. The van der Waals surface area contributed by atoms with E-state index in [9.17, 15) is 4.79 Å². The normalized spacial score (nSPS) is 10.6. The molecule has 94 valence electrons. The molecule has 0 amide bonds. The van der Waals surface area contributed by atoms with Crippen LogP contribution in [0.1, 0.15) is 27.4 Å². The van der Waals surface area contributed by atoms with E-state index in [0.29, 0.717) is 28.7 Å². The number of ketones is 1. The first-order chi connectivity index (χ1) is 8.60. The van der Waals surface area contributed by atoms with Gasteiger partial charge in [-0.3, -0.25) is 4.79 Å². The van der Waals surface area contributed by atoms with Crippen LogP contribution in [0.15, 0.2) is 34.7 Å². The van der Waals surface area contributed by atoms with E-state index >= 15 is 0 Å². The summed E-state index contributed by atoms with van der Waals surface area (Å²) in [6.45, 7) is 2.24. The molecule has 0 spiro atoms. The van der Waals surface area contributed by atoms with E-state index < -0.39 is 0 Å². The smallest absolute Gasteiger partial charge is 0.228 e. The molecule has 2 rings (SSSR count). The monoisotopic (exact) mass is 264 g/mol. The Morgan fingerprint density at radius 2 is 2.11 bits per heavy atom. The predicted molar refractivity (Wildman–Crippen MR) is 69.0 cm³/mol. The average Bonchev–Trinajstić information content (AvgIpc) is 2.76. The number of hydrogen-bond donors (Lipinski definition) is 0. The molecule has 3 nitrogen and oxygen atoms in total. The molecule has 0 radical (unpaired) electrons.